The van der Waals surface area contributed by atoms with E-state index in [0.717, 1.165) is 6.42 Å². The summed E-state index contributed by atoms with van der Waals surface area (Å²) in [7, 11) is 0. The Morgan fingerprint density at radius 2 is 2.16 bits per heavy atom. The van der Waals surface area contributed by atoms with Crippen molar-refractivity contribution in [3.05, 3.63) is 11.6 Å². The first kappa shape index (κ1) is 16.1. The minimum Gasteiger partial charge on any atom is -0.478 e. The van der Waals surface area contributed by atoms with Gasteiger partial charge in [0.15, 0.2) is 0 Å². The molecule has 108 valence electrons. The number of thiol groups is 1. The highest BCUT2D eigenvalue weighted by Crippen LogP contribution is 2.32. The third-order valence-electron chi connectivity index (χ3n) is 3.47. The van der Waals surface area contributed by atoms with Crippen molar-refractivity contribution in [1.29, 1.82) is 0 Å². The van der Waals surface area contributed by atoms with Crippen molar-refractivity contribution in [3.8, 4) is 0 Å². The summed E-state index contributed by atoms with van der Waals surface area (Å²) in [6.45, 7) is 5.75. The molecule has 3 atom stereocenters. The highest BCUT2D eigenvalue weighted by Gasteiger charge is 2.32. The Labute approximate surface area is 120 Å². The van der Waals surface area contributed by atoms with Crippen LogP contribution in [-0.2, 0) is 9.59 Å². The Kier molecular flexibility index (Phi) is 5.91. The van der Waals surface area contributed by atoms with E-state index in [9.17, 15) is 9.59 Å². The summed E-state index contributed by atoms with van der Waals surface area (Å²) in [6.07, 6.45) is 3.77. The molecule has 0 bridgehead atoms. The summed E-state index contributed by atoms with van der Waals surface area (Å²) in [5.74, 6) is -0.239. The molecule has 5 heteroatoms. The molecule has 0 unspecified atom stereocenters. The molecule has 0 aromatic heterocycles. The molecule has 19 heavy (non-hydrogen) atoms. The van der Waals surface area contributed by atoms with Gasteiger partial charge < -0.3 is 10.4 Å². The lowest BCUT2D eigenvalue weighted by molar-refractivity contribution is -0.133. The molecule has 0 saturated heterocycles. The van der Waals surface area contributed by atoms with E-state index >= 15 is 0 Å². The third-order valence-corrected chi connectivity index (χ3v) is 4.03. The summed E-state index contributed by atoms with van der Waals surface area (Å²) < 4.78 is 0. The van der Waals surface area contributed by atoms with Crippen LogP contribution < -0.4 is 5.32 Å². The predicted molar refractivity (Wildman–Crippen MR) is 78.3 cm³/mol. The number of carboxylic acid groups (broad SMARTS) is 1. The van der Waals surface area contributed by atoms with Gasteiger partial charge in [-0.1, -0.05) is 19.9 Å². The average molecular weight is 285 g/mol. The van der Waals surface area contributed by atoms with Gasteiger partial charge in [0.25, 0.3) is 0 Å². The maximum atomic E-state index is 11.3. The molecule has 1 aliphatic carbocycles. The number of carbonyl (C=O) groups excluding carboxylic acids is 1. The molecular formula is C14H23NO3S. The molecule has 2 N–H and O–H groups in total. The van der Waals surface area contributed by atoms with Crippen LogP contribution in [0.25, 0.3) is 0 Å². The molecule has 1 aliphatic rings. The minimum absolute atomic E-state index is 0.0216. The number of hydrogen-bond donors (Lipinski definition) is 3. The molecule has 0 aliphatic heterocycles. The normalized spacial score (nSPS) is 24.8. The highest BCUT2D eigenvalue weighted by atomic mass is 32.1. The summed E-state index contributed by atoms with van der Waals surface area (Å²) in [5, 5.41) is 12.0. The van der Waals surface area contributed by atoms with Crippen molar-refractivity contribution in [2.45, 2.75) is 51.3 Å². The number of amides is 1. The summed E-state index contributed by atoms with van der Waals surface area (Å²) >= 11 is 4.54. The van der Waals surface area contributed by atoms with Gasteiger partial charge in [0, 0.05) is 23.8 Å². The van der Waals surface area contributed by atoms with Crippen LogP contribution in [0.3, 0.4) is 0 Å². The SMILES string of the molecule is CC(=O)N[C@@H](CC(C)C)[C@H]1CC=C(C(=O)O)C[C@H]1S. The van der Waals surface area contributed by atoms with Crippen LogP contribution in [0.4, 0.5) is 0 Å². The Morgan fingerprint density at radius 1 is 1.53 bits per heavy atom. The second-order valence-electron chi connectivity index (χ2n) is 5.64. The third kappa shape index (κ3) is 4.90. The lowest BCUT2D eigenvalue weighted by atomic mass is 9.81. The Morgan fingerprint density at radius 3 is 2.58 bits per heavy atom. The molecule has 0 saturated carbocycles. The van der Waals surface area contributed by atoms with E-state index in [0.29, 0.717) is 24.3 Å². The molecule has 1 amide bonds. The zero-order valence-corrected chi connectivity index (χ0v) is 12.6. The quantitative estimate of drug-likeness (QED) is 0.679. The maximum Gasteiger partial charge on any atom is 0.331 e. The first-order valence-corrected chi connectivity index (χ1v) is 7.20. The number of rotatable bonds is 5. The van der Waals surface area contributed by atoms with Gasteiger partial charge in [0.2, 0.25) is 5.91 Å². The van der Waals surface area contributed by atoms with Crippen LogP contribution in [0.2, 0.25) is 0 Å². The number of carboxylic acids is 1. The van der Waals surface area contributed by atoms with Crippen LogP contribution in [0.1, 0.15) is 40.0 Å². The predicted octanol–water partition coefficient (Wildman–Crippen LogP) is 2.26. The van der Waals surface area contributed by atoms with Crippen LogP contribution in [0.15, 0.2) is 11.6 Å². The van der Waals surface area contributed by atoms with Crippen LogP contribution >= 0.6 is 12.6 Å². The smallest absolute Gasteiger partial charge is 0.331 e. The van der Waals surface area contributed by atoms with Crippen molar-refractivity contribution in [1.82, 2.24) is 5.32 Å². The summed E-state index contributed by atoms with van der Waals surface area (Å²) in [5.41, 5.74) is 0.433. The van der Waals surface area contributed by atoms with Gasteiger partial charge in [-0.2, -0.15) is 12.6 Å². The second-order valence-corrected chi connectivity index (χ2v) is 6.31. The average Bonchev–Trinajstić information content (AvgIpc) is 2.26. The van der Waals surface area contributed by atoms with E-state index in [4.69, 9.17) is 5.11 Å². The second kappa shape index (κ2) is 6.98. The Balaban J connectivity index is 2.79. The molecule has 4 nitrogen and oxygen atoms in total. The van der Waals surface area contributed by atoms with E-state index in [-0.39, 0.29) is 23.1 Å². The number of carbonyl (C=O) groups is 2. The van der Waals surface area contributed by atoms with Gasteiger partial charge in [-0.3, -0.25) is 4.79 Å². The van der Waals surface area contributed by atoms with Gasteiger partial charge in [0.05, 0.1) is 0 Å². The molecule has 0 radical (unpaired) electrons. The zero-order valence-electron chi connectivity index (χ0n) is 11.7. The largest absolute Gasteiger partial charge is 0.478 e. The maximum absolute atomic E-state index is 11.3. The van der Waals surface area contributed by atoms with Gasteiger partial charge >= 0.3 is 5.97 Å². The summed E-state index contributed by atoms with van der Waals surface area (Å²) in [6, 6.07) is 0.0617. The molecular weight excluding hydrogens is 262 g/mol. The number of hydrogen-bond acceptors (Lipinski definition) is 3. The standard InChI is InChI=1S/C14H23NO3S/c1-8(2)6-12(15-9(3)16)11-5-4-10(14(17)18)7-13(11)19/h4,8,11-13,19H,5-7H2,1-3H3,(H,15,16)(H,17,18)/t11-,12+,13-/m1/s1. The highest BCUT2D eigenvalue weighted by molar-refractivity contribution is 7.81. The molecule has 0 heterocycles. The van der Waals surface area contributed by atoms with E-state index in [2.05, 4.69) is 31.8 Å². The van der Waals surface area contributed by atoms with Gasteiger partial charge in [-0.05, 0) is 31.1 Å². The number of aliphatic carboxylic acids is 1. The fourth-order valence-electron chi connectivity index (χ4n) is 2.61. The van der Waals surface area contributed by atoms with Crippen molar-refractivity contribution in [2.24, 2.45) is 11.8 Å². The Bertz CT molecular complexity index is 379. The zero-order chi connectivity index (χ0) is 14.6. The van der Waals surface area contributed by atoms with Gasteiger partial charge in [0.1, 0.15) is 0 Å². The fourth-order valence-corrected chi connectivity index (χ4v) is 3.14. The number of nitrogens with one attached hydrogen (secondary N) is 1. The molecule has 0 aromatic carbocycles. The topological polar surface area (TPSA) is 66.4 Å². The van der Waals surface area contributed by atoms with E-state index in [1.807, 2.05) is 0 Å². The number of allylic oxidation sites excluding steroid dienone is 1. The lowest BCUT2D eigenvalue weighted by Gasteiger charge is -2.35. The van der Waals surface area contributed by atoms with Crippen molar-refractivity contribution in [2.75, 3.05) is 0 Å². The van der Waals surface area contributed by atoms with E-state index in [1.165, 1.54) is 6.92 Å². The summed E-state index contributed by atoms with van der Waals surface area (Å²) in [4.78, 5) is 22.3. The minimum atomic E-state index is -0.863. The molecule has 0 aromatic rings. The van der Waals surface area contributed by atoms with Gasteiger partial charge in [-0.15, -0.1) is 0 Å². The van der Waals surface area contributed by atoms with Crippen LogP contribution in [0.5, 0.6) is 0 Å². The van der Waals surface area contributed by atoms with Crippen molar-refractivity contribution in [3.63, 3.8) is 0 Å². The van der Waals surface area contributed by atoms with Crippen molar-refractivity contribution >= 4 is 24.5 Å². The molecule has 1 rings (SSSR count). The molecule has 0 spiro atoms. The van der Waals surface area contributed by atoms with Crippen LogP contribution in [0, 0.1) is 11.8 Å². The van der Waals surface area contributed by atoms with E-state index in [1.54, 1.807) is 6.08 Å². The van der Waals surface area contributed by atoms with Gasteiger partial charge in [-0.25, -0.2) is 4.79 Å². The monoisotopic (exact) mass is 285 g/mol. The first-order chi connectivity index (χ1) is 8.81. The molecule has 0 fully saturated rings. The Hall–Kier alpha value is -0.970. The fraction of sp³-hybridized carbons (Fsp3) is 0.714. The van der Waals surface area contributed by atoms with Crippen molar-refractivity contribution < 1.29 is 14.7 Å². The van der Waals surface area contributed by atoms with E-state index < -0.39 is 5.97 Å². The lowest BCUT2D eigenvalue weighted by Crippen LogP contribution is -2.44. The van der Waals surface area contributed by atoms with Crippen LogP contribution in [-0.4, -0.2) is 28.3 Å². The first-order valence-electron chi connectivity index (χ1n) is 6.68.